The second-order valence-corrected chi connectivity index (χ2v) is 11.7. The number of benzene rings is 3. The molecular weight excluding hydrogens is 543 g/mol. The molecule has 1 N–H and O–H groups in total. The van der Waals surface area contributed by atoms with E-state index in [2.05, 4.69) is 28.2 Å². The van der Waals surface area contributed by atoms with Crippen LogP contribution in [0.15, 0.2) is 83.1 Å². The van der Waals surface area contributed by atoms with Crippen molar-refractivity contribution in [2.24, 2.45) is 5.92 Å². The highest BCUT2D eigenvalue weighted by atomic mass is 35.5. The topological polar surface area (TPSA) is 66.0 Å². The first-order chi connectivity index (χ1) is 17.9. The molecule has 0 spiro atoms. The summed E-state index contributed by atoms with van der Waals surface area (Å²) in [5.74, 6) is -1.23. The van der Waals surface area contributed by atoms with Gasteiger partial charge in [-0.3, -0.25) is 8.77 Å². The van der Waals surface area contributed by atoms with E-state index < -0.39 is 5.97 Å². The van der Waals surface area contributed by atoms with Gasteiger partial charge < -0.3 is 5.11 Å². The van der Waals surface area contributed by atoms with E-state index in [0.29, 0.717) is 21.3 Å². The van der Waals surface area contributed by atoms with E-state index >= 15 is 0 Å². The number of halogens is 2. The minimum Gasteiger partial charge on any atom is -0.481 e. The molecule has 8 heteroatoms. The quantitative estimate of drug-likeness (QED) is 0.225. The van der Waals surface area contributed by atoms with Gasteiger partial charge in [0.15, 0.2) is 0 Å². The van der Waals surface area contributed by atoms with Crippen molar-refractivity contribution in [2.45, 2.75) is 17.2 Å². The summed E-state index contributed by atoms with van der Waals surface area (Å²) in [6, 6.07) is 26.0. The smallest absolute Gasteiger partial charge is 0.307 e. The summed E-state index contributed by atoms with van der Waals surface area (Å²) in [7, 11) is 0. The number of rotatable bonds is 6. The van der Waals surface area contributed by atoms with Crippen molar-refractivity contribution >= 4 is 63.4 Å². The van der Waals surface area contributed by atoms with E-state index in [-0.39, 0.29) is 11.8 Å². The van der Waals surface area contributed by atoms with Gasteiger partial charge in [0.05, 0.1) is 17.1 Å². The minimum absolute atomic E-state index is 0.0593. The fourth-order valence-electron chi connectivity index (χ4n) is 4.83. The van der Waals surface area contributed by atoms with Crippen LogP contribution in [0.2, 0.25) is 10.0 Å². The fraction of sp³-hybridized carbons (Fsp3) is 0.103. The average Bonchev–Trinajstić information content (AvgIpc) is 3.47. The molecule has 4 nitrogen and oxygen atoms in total. The van der Waals surface area contributed by atoms with Gasteiger partial charge >= 0.3 is 5.97 Å². The van der Waals surface area contributed by atoms with Crippen LogP contribution >= 0.6 is 46.5 Å². The van der Waals surface area contributed by atoms with Crippen LogP contribution in [0.1, 0.15) is 22.8 Å². The molecule has 1 fully saturated rings. The van der Waals surface area contributed by atoms with Crippen LogP contribution in [-0.4, -0.2) is 15.0 Å². The van der Waals surface area contributed by atoms with E-state index in [0.717, 1.165) is 43.7 Å². The number of para-hydroxylation sites is 1. The zero-order valence-corrected chi connectivity index (χ0v) is 22.3. The molecular formula is C29H18Cl2N2O2S2. The molecule has 1 aliphatic rings. The molecule has 2 unspecified atom stereocenters. The van der Waals surface area contributed by atoms with Gasteiger partial charge in [-0.15, -0.1) is 11.3 Å². The first-order valence-corrected chi connectivity index (χ1v) is 13.9. The summed E-state index contributed by atoms with van der Waals surface area (Å²) in [6.45, 7) is 0. The average molecular weight is 562 g/mol. The third kappa shape index (κ3) is 4.43. The molecule has 5 aromatic rings. The number of nitriles is 1. The molecule has 0 amide bonds. The molecule has 2 aromatic heterocycles. The molecule has 182 valence electrons. The van der Waals surface area contributed by atoms with E-state index in [1.54, 1.807) is 11.9 Å². The second kappa shape index (κ2) is 9.59. The van der Waals surface area contributed by atoms with Crippen molar-refractivity contribution in [3.63, 3.8) is 0 Å². The van der Waals surface area contributed by atoms with E-state index in [1.807, 2.05) is 60.0 Å². The monoisotopic (exact) mass is 560 g/mol. The van der Waals surface area contributed by atoms with Gasteiger partial charge in [0.25, 0.3) is 0 Å². The third-order valence-corrected chi connectivity index (χ3v) is 8.94. The number of carboxylic acids is 1. The zero-order chi connectivity index (χ0) is 25.7. The molecule has 0 radical (unpaired) electrons. The Morgan fingerprint density at radius 1 is 1.05 bits per heavy atom. The lowest BCUT2D eigenvalue weighted by Crippen LogP contribution is -1.99. The highest BCUT2D eigenvalue weighted by Crippen LogP contribution is 2.51. The third-order valence-electron chi connectivity index (χ3n) is 6.61. The highest BCUT2D eigenvalue weighted by molar-refractivity contribution is 7.98. The molecule has 1 aliphatic carbocycles. The summed E-state index contributed by atoms with van der Waals surface area (Å²) < 4.78 is 2.17. The van der Waals surface area contributed by atoms with Crippen molar-refractivity contribution in [1.29, 1.82) is 5.26 Å². The summed E-state index contributed by atoms with van der Waals surface area (Å²) in [5.41, 5.74) is 5.52. The number of thiophene rings is 1. The van der Waals surface area contributed by atoms with Gasteiger partial charge in [-0.1, -0.05) is 41.4 Å². The molecule has 2 atom stereocenters. The molecule has 0 aliphatic heterocycles. The normalized spacial score (nSPS) is 16.6. The predicted octanol–water partition coefficient (Wildman–Crippen LogP) is 8.96. The summed E-state index contributed by atoms with van der Waals surface area (Å²) in [4.78, 5) is 13.2. The van der Waals surface area contributed by atoms with Gasteiger partial charge in [0, 0.05) is 37.0 Å². The number of aliphatic carboxylic acids is 1. The number of carbonyl (C=O) groups is 1. The number of hydrogen-bond donors (Lipinski definition) is 1. The van der Waals surface area contributed by atoms with Crippen LogP contribution in [0.25, 0.3) is 33.3 Å². The Balaban J connectivity index is 1.63. The fourth-order valence-corrected chi connectivity index (χ4v) is 6.91. The molecule has 0 bridgehead atoms. The number of fused-ring (bicyclic) bond motifs is 1. The highest BCUT2D eigenvalue weighted by Gasteiger charge is 2.44. The van der Waals surface area contributed by atoms with Crippen LogP contribution in [-0.2, 0) is 4.79 Å². The summed E-state index contributed by atoms with van der Waals surface area (Å²) >= 11 is 15.8. The summed E-state index contributed by atoms with van der Waals surface area (Å²) in [5, 5.41) is 23.6. The van der Waals surface area contributed by atoms with Gasteiger partial charge in [-0.25, -0.2) is 0 Å². The van der Waals surface area contributed by atoms with Crippen LogP contribution < -0.4 is 0 Å². The lowest BCUT2D eigenvalue weighted by molar-refractivity contribution is -0.138. The molecule has 3 aromatic carbocycles. The van der Waals surface area contributed by atoms with Gasteiger partial charge in [0.2, 0.25) is 0 Å². The number of aromatic nitrogens is 1. The lowest BCUT2D eigenvalue weighted by atomic mass is 9.97. The van der Waals surface area contributed by atoms with Crippen LogP contribution in [0, 0.1) is 17.2 Å². The van der Waals surface area contributed by atoms with Crippen molar-refractivity contribution in [3.05, 3.63) is 98.7 Å². The molecule has 6 rings (SSSR count). The Morgan fingerprint density at radius 3 is 2.57 bits per heavy atom. The first-order valence-electron chi connectivity index (χ1n) is 11.5. The van der Waals surface area contributed by atoms with E-state index in [9.17, 15) is 15.2 Å². The Hall–Kier alpha value is -3.21. The van der Waals surface area contributed by atoms with E-state index in [4.69, 9.17) is 23.2 Å². The predicted molar refractivity (Wildman–Crippen MR) is 152 cm³/mol. The van der Waals surface area contributed by atoms with Crippen LogP contribution in [0.5, 0.6) is 0 Å². The Kier molecular flexibility index (Phi) is 6.26. The Labute approximate surface area is 231 Å². The van der Waals surface area contributed by atoms with Crippen LogP contribution in [0.4, 0.5) is 0 Å². The minimum atomic E-state index is -0.781. The number of carboxylic acid groups (broad SMARTS) is 1. The SMILES string of the molecule is N#Cc1sccc1-c1c(-c2cc(Cl)cc(C3CC3C(=O)O)c2)n(Sc2ccc(Cl)cc2)c2ccccc12. The molecule has 2 heterocycles. The Bertz CT molecular complexity index is 1720. The second-order valence-electron chi connectivity index (χ2n) is 8.92. The summed E-state index contributed by atoms with van der Waals surface area (Å²) in [6.07, 6.45) is 0.605. The first kappa shape index (κ1) is 24.1. The zero-order valence-electron chi connectivity index (χ0n) is 19.2. The van der Waals surface area contributed by atoms with Crippen molar-refractivity contribution < 1.29 is 9.90 Å². The van der Waals surface area contributed by atoms with E-state index in [1.165, 1.54) is 11.3 Å². The van der Waals surface area contributed by atoms with Gasteiger partial charge in [-0.05, 0) is 89.8 Å². The number of nitrogens with zero attached hydrogens (tertiary/aromatic N) is 2. The van der Waals surface area contributed by atoms with Gasteiger partial charge in [-0.2, -0.15) is 5.26 Å². The molecule has 1 saturated carbocycles. The Morgan fingerprint density at radius 2 is 1.84 bits per heavy atom. The maximum Gasteiger partial charge on any atom is 0.307 e. The van der Waals surface area contributed by atoms with Crippen molar-refractivity contribution in [3.8, 4) is 28.5 Å². The van der Waals surface area contributed by atoms with Crippen molar-refractivity contribution in [1.82, 2.24) is 3.97 Å². The standard InChI is InChI=1S/C29H18Cl2N2O2S2/c30-18-5-7-20(8-6-18)37-33-25-4-2-1-3-21(25)27(22-9-10-36-26(22)15-32)28(33)17-11-16(12-19(31)13-17)23-14-24(23)29(34)35/h1-13,23-24H,14H2,(H,34,35). The molecule has 0 saturated heterocycles. The van der Waals surface area contributed by atoms with Crippen molar-refractivity contribution in [2.75, 3.05) is 0 Å². The maximum atomic E-state index is 11.6. The van der Waals surface area contributed by atoms with Crippen LogP contribution in [0.3, 0.4) is 0 Å². The lowest BCUT2D eigenvalue weighted by Gasteiger charge is -2.14. The number of hydrogen-bond acceptors (Lipinski definition) is 4. The largest absolute Gasteiger partial charge is 0.481 e. The maximum absolute atomic E-state index is 11.6. The van der Waals surface area contributed by atoms with Gasteiger partial charge in [0.1, 0.15) is 10.9 Å². The molecule has 37 heavy (non-hydrogen) atoms.